The lowest BCUT2D eigenvalue weighted by Gasteiger charge is -2.22. The van der Waals surface area contributed by atoms with E-state index < -0.39 is 53.9 Å². The number of aromatic nitrogens is 6. The molecule has 6 amide bonds. The average Bonchev–Trinajstić information content (AvgIpc) is 1.01. The number of carbonyl (C=O) groups is 7. The molecule has 0 aliphatic carbocycles. The number of H-pyrrole nitrogens is 3. The Morgan fingerprint density at radius 3 is 0.898 bits per heavy atom. The van der Waals surface area contributed by atoms with Crippen molar-refractivity contribution in [3.05, 3.63) is 288 Å². The van der Waals surface area contributed by atoms with Crippen LogP contribution in [0, 0.1) is 0 Å². The zero-order valence-corrected chi connectivity index (χ0v) is 52.3. The number of hydrogen-bond donors (Lipinski definition) is 10. The number of carboxylic acids is 1. The van der Waals surface area contributed by atoms with Crippen LogP contribution < -0.4 is 31.9 Å². The molecule has 0 unspecified atom stereocenters. The van der Waals surface area contributed by atoms with Crippen LogP contribution in [-0.2, 0) is 72.1 Å². The molecular formula is C75H65F3N12O8. The van der Waals surface area contributed by atoms with E-state index in [1.54, 1.807) is 73.2 Å². The summed E-state index contributed by atoms with van der Waals surface area (Å²) >= 11 is 0. The lowest BCUT2D eigenvalue weighted by Crippen LogP contribution is -2.46. The third-order valence-electron chi connectivity index (χ3n) is 16.2. The van der Waals surface area contributed by atoms with E-state index in [2.05, 4.69) is 61.8 Å². The van der Waals surface area contributed by atoms with Gasteiger partial charge in [-0.2, -0.15) is 13.2 Å². The van der Waals surface area contributed by atoms with Crippen LogP contribution in [0.4, 0.5) is 30.2 Å². The molecule has 0 saturated heterocycles. The summed E-state index contributed by atoms with van der Waals surface area (Å²) in [5, 5.41) is 27.9. The second-order valence-electron chi connectivity index (χ2n) is 23.1. The molecule has 6 heterocycles. The lowest BCUT2D eigenvalue weighted by atomic mass is 9.85. The van der Waals surface area contributed by atoms with Gasteiger partial charge in [0.2, 0.25) is 35.4 Å². The molecule has 0 aliphatic heterocycles. The van der Waals surface area contributed by atoms with Crippen molar-refractivity contribution < 1.29 is 51.8 Å². The van der Waals surface area contributed by atoms with Gasteiger partial charge in [-0.1, -0.05) is 109 Å². The summed E-state index contributed by atoms with van der Waals surface area (Å²) in [5.74, 6) is -5.43. The predicted octanol–water partition coefficient (Wildman–Crippen LogP) is 10.9. The van der Waals surface area contributed by atoms with Gasteiger partial charge in [-0.15, -0.1) is 0 Å². The fourth-order valence-corrected chi connectivity index (χ4v) is 11.4. The first-order valence-corrected chi connectivity index (χ1v) is 31.2. The zero-order chi connectivity index (χ0) is 68.5. The fourth-order valence-electron chi connectivity index (χ4n) is 11.4. The van der Waals surface area contributed by atoms with Gasteiger partial charge in [0.05, 0.1) is 19.3 Å². The number of carboxylic acid groups (broad SMARTS) is 1. The van der Waals surface area contributed by atoms with Gasteiger partial charge in [0.1, 0.15) is 18.1 Å². The van der Waals surface area contributed by atoms with Crippen LogP contribution in [0.25, 0.3) is 32.7 Å². The molecule has 12 aromatic rings. The van der Waals surface area contributed by atoms with Crippen LogP contribution in [0.3, 0.4) is 0 Å². The van der Waals surface area contributed by atoms with Crippen molar-refractivity contribution in [2.45, 2.75) is 68.7 Å². The van der Waals surface area contributed by atoms with E-state index in [4.69, 9.17) is 9.90 Å². The maximum absolute atomic E-state index is 14.3. The molecule has 494 valence electrons. The first kappa shape index (κ1) is 66.9. The highest BCUT2D eigenvalue weighted by Crippen LogP contribution is 2.35. The van der Waals surface area contributed by atoms with E-state index >= 15 is 0 Å². The maximum atomic E-state index is 14.3. The average molecular weight is 1320 g/mol. The van der Waals surface area contributed by atoms with E-state index in [0.717, 1.165) is 66.1 Å². The SMILES string of the molecule is O=C(Cc1c[nH]c2ccccc12)N[C@@H](Cc1ccccn1)C(=O)Nc1ccc(C(c2ccc(NC(=O)[C@H](Cc3ccccn3)NC(=O)Cc3c[nH]c4ccccc34)cc2)c2ccc(NC(=O)[C@H](Cc3ccccn3)NC(=O)Cc3c[nH]c4ccccc34)cc2)cc1.O=C(O)C(F)(F)F. The summed E-state index contributed by atoms with van der Waals surface area (Å²) in [6.07, 6.45) is 5.90. The van der Waals surface area contributed by atoms with Gasteiger partial charge in [-0.05, 0) is 124 Å². The number of nitrogens with one attached hydrogen (secondary N) is 9. The number of aromatic amines is 3. The number of aliphatic carboxylic acids is 1. The van der Waals surface area contributed by atoms with Crippen molar-refractivity contribution in [1.29, 1.82) is 0 Å². The highest BCUT2D eigenvalue weighted by atomic mass is 19.4. The van der Waals surface area contributed by atoms with Crippen molar-refractivity contribution in [3.8, 4) is 0 Å². The van der Waals surface area contributed by atoms with Crippen LogP contribution in [0.5, 0.6) is 0 Å². The van der Waals surface area contributed by atoms with Gasteiger partial charge in [0.25, 0.3) is 0 Å². The Labute approximate surface area is 559 Å². The van der Waals surface area contributed by atoms with Gasteiger partial charge in [0, 0.05) is 129 Å². The van der Waals surface area contributed by atoms with Gasteiger partial charge in [0.15, 0.2) is 0 Å². The quantitative estimate of drug-likeness (QED) is 0.0254. The molecule has 0 bridgehead atoms. The smallest absolute Gasteiger partial charge is 0.475 e. The summed E-state index contributed by atoms with van der Waals surface area (Å²) in [4.78, 5) is 116. The molecule has 10 N–H and O–H groups in total. The van der Waals surface area contributed by atoms with Gasteiger partial charge in [-0.25, -0.2) is 4.79 Å². The summed E-state index contributed by atoms with van der Waals surface area (Å²) in [6, 6.07) is 58.9. The number of anilines is 3. The monoisotopic (exact) mass is 1320 g/mol. The molecule has 6 aromatic heterocycles. The van der Waals surface area contributed by atoms with Crippen molar-refractivity contribution >= 4 is 91.2 Å². The number of carbonyl (C=O) groups excluding carboxylic acids is 6. The molecule has 23 heteroatoms. The molecule has 0 saturated carbocycles. The number of benzene rings is 6. The molecule has 0 aliphatic rings. The molecule has 0 radical (unpaired) electrons. The van der Waals surface area contributed by atoms with Crippen molar-refractivity contribution in [3.63, 3.8) is 0 Å². The lowest BCUT2D eigenvalue weighted by molar-refractivity contribution is -0.192. The summed E-state index contributed by atoms with van der Waals surface area (Å²) < 4.78 is 31.7. The van der Waals surface area contributed by atoms with Crippen LogP contribution in [-0.4, -0.2) is 101 Å². The van der Waals surface area contributed by atoms with Crippen LogP contribution >= 0.6 is 0 Å². The van der Waals surface area contributed by atoms with E-state index in [0.29, 0.717) is 34.1 Å². The van der Waals surface area contributed by atoms with Crippen LogP contribution in [0.1, 0.15) is 56.4 Å². The maximum Gasteiger partial charge on any atom is 0.490 e. The highest BCUT2D eigenvalue weighted by molar-refractivity contribution is 6.01. The van der Waals surface area contributed by atoms with Gasteiger partial charge in [-0.3, -0.25) is 43.7 Å². The van der Waals surface area contributed by atoms with Crippen LogP contribution in [0.15, 0.2) is 237 Å². The molecular weight excluding hydrogens is 1250 g/mol. The summed E-state index contributed by atoms with van der Waals surface area (Å²) in [5.41, 5.74) is 11.0. The minimum atomic E-state index is -5.08. The van der Waals surface area contributed by atoms with E-state index in [-0.39, 0.29) is 56.2 Å². The number of amides is 6. The molecule has 3 atom stereocenters. The summed E-state index contributed by atoms with van der Waals surface area (Å²) in [7, 11) is 0. The highest BCUT2D eigenvalue weighted by Gasteiger charge is 2.38. The number of halogens is 3. The number of pyridine rings is 3. The number of hydrogen-bond acceptors (Lipinski definition) is 10. The minimum Gasteiger partial charge on any atom is -0.475 e. The normalized spacial score (nSPS) is 12.2. The summed E-state index contributed by atoms with van der Waals surface area (Å²) in [6.45, 7) is 0. The Kier molecular flexibility index (Phi) is 21.3. The van der Waals surface area contributed by atoms with Crippen molar-refractivity contribution in [2.24, 2.45) is 0 Å². The number of rotatable bonds is 24. The predicted molar refractivity (Wildman–Crippen MR) is 365 cm³/mol. The Hall–Kier alpha value is -12.5. The molecule has 20 nitrogen and oxygen atoms in total. The Balaban J connectivity index is 0.00000132. The third-order valence-corrected chi connectivity index (χ3v) is 16.2. The number of fused-ring (bicyclic) bond motifs is 3. The standard InChI is InChI=1S/C73H64N12O6.C2HF3O2/c86-67(37-49-43-77-61-19-4-1-16-58(49)61)83-64(40-55-13-7-10-34-74-55)71(89)80-52-28-22-46(23-29-52)70(47-24-30-53(31-25-47)81-72(90)65(41-56-14-8-11-35-75-56)84-68(87)38-50-44-78-62-20-5-2-17-59(50)62)48-26-32-54(33-27-48)82-73(91)66(42-57-15-9-12-36-76-57)85-69(88)39-51-45-79-63-21-6-3-18-60(51)63;3-2(4,5)1(6)7/h1-36,43-45,64-66,70,77-79H,37-42H2,(H,80,89)(H,81,90)(H,82,91)(H,83,86)(H,84,87)(H,85,88);(H,6,7)/t64-,65-,66-;/m0./s1. The molecule has 0 spiro atoms. The van der Waals surface area contributed by atoms with Crippen molar-refractivity contribution in [2.75, 3.05) is 16.0 Å². The van der Waals surface area contributed by atoms with Crippen molar-refractivity contribution in [1.82, 2.24) is 45.9 Å². The van der Waals surface area contributed by atoms with Gasteiger partial charge < -0.3 is 52.0 Å². The second-order valence-corrected chi connectivity index (χ2v) is 23.1. The number of alkyl halides is 3. The first-order chi connectivity index (χ1) is 47.5. The minimum absolute atomic E-state index is 0.0580. The van der Waals surface area contributed by atoms with E-state index in [1.807, 2.05) is 164 Å². The molecule has 6 aromatic carbocycles. The molecule has 98 heavy (non-hydrogen) atoms. The fraction of sp³-hybridized carbons (Fsp3) is 0.147. The topological polar surface area (TPSA) is 298 Å². The van der Waals surface area contributed by atoms with Gasteiger partial charge >= 0.3 is 12.1 Å². The first-order valence-electron chi connectivity index (χ1n) is 31.2. The van der Waals surface area contributed by atoms with Crippen LogP contribution in [0.2, 0.25) is 0 Å². The number of nitrogens with zero attached hydrogens (tertiary/aromatic N) is 3. The zero-order valence-electron chi connectivity index (χ0n) is 52.3. The number of para-hydroxylation sites is 3. The Morgan fingerprint density at radius 1 is 0.378 bits per heavy atom. The Bertz CT molecular complexity index is 4300. The Morgan fingerprint density at radius 2 is 0.643 bits per heavy atom. The largest absolute Gasteiger partial charge is 0.490 e. The molecule has 12 rings (SSSR count). The van der Waals surface area contributed by atoms with E-state index in [1.165, 1.54) is 0 Å². The molecule has 0 fully saturated rings. The van der Waals surface area contributed by atoms with E-state index in [9.17, 15) is 41.9 Å². The second kappa shape index (κ2) is 31.1. The third kappa shape index (κ3) is 17.6.